The van der Waals surface area contributed by atoms with Crippen molar-refractivity contribution in [3.05, 3.63) is 33.8 Å². The molecule has 0 aliphatic carbocycles. The summed E-state index contributed by atoms with van der Waals surface area (Å²) in [4.78, 5) is 13.3. The van der Waals surface area contributed by atoms with E-state index in [4.69, 9.17) is 28.3 Å². The van der Waals surface area contributed by atoms with E-state index in [-0.39, 0.29) is 18.4 Å². The summed E-state index contributed by atoms with van der Waals surface area (Å²) in [5.74, 6) is -0.0553. The first-order valence-electron chi connectivity index (χ1n) is 4.96. The topological polar surface area (TPSA) is 40.5 Å². The predicted molar refractivity (Wildman–Crippen MR) is 62.8 cm³/mol. The fourth-order valence-electron chi connectivity index (χ4n) is 1.62. The maximum absolute atomic E-state index is 11.7. The highest BCUT2D eigenvalue weighted by Gasteiger charge is 2.29. The number of nitrogens with zero attached hydrogens (tertiary/aromatic N) is 1. The summed E-state index contributed by atoms with van der Waals surface area (Å²) in [6, 6.07) is 5.16. The lowest BCUT2D eigenvalue weighted by Crippen LogP contribution is -2.54. The zero-order valence-corrected chi connectivity index (χ0v) is 10.0. The minimum Gasteiger partial charge on any atom is -0.389 e. The Kier molecular flexibility index (Phi) is 3.38. The first-order chi connectivity index (χ1) is 7.58. The van der Waals surface area contributed by atoms with Crippen LogP contribution in [0.3, 0.4) is 0 Å². The molecule has 1 aromatic carbocycles. The van der Waals surface area contributed by atoms with Crippen molar-refractivity contribution in [2.75, 3.05) is 13.1 Å². The van der Waals surface area contributed by atoms with E-state index in [0.717, 1.165) is 0 Å². The Hall–Kier alpha value is -0.770. The van der Waals surface area contributed by atoms with Gasteiger partial charge in [-0.1, -0.05) is 29.3 Å². The SMILES string of the molecule is O=C(Cc1c(Cl)cccc1Cl)N1CC(O)C1. The maximum Gasteiger partial charge on any atom is 0.227 e. The van der Waals surface area contributed by atoms with Crippen LogP contribution in [0.2, 0.25) is 10.0 Å². The monoisotopic (exact) mass is 259 g/mol. The van der Waals surface area contributed by atoms with Gasteiger partial charge < -0.3 is 10.0 Å². The Morgan fingerprint density at radius 1 is 1.38 bits per heavy atom. The van der Waals surface area contributed by atoms with Crippen LogP contribution in [0.5, 0.6) is 0 Å². The molecule has 3 nitrogen and oxygen atoms in total. The van der Waals surface area contributed by atoms with E-state index >= 15 is 0 Å². The molecule has 0 atom stereocenters. The van der Waals surface area contributed by atoms with Crippen LogP contribution in [-0.4, -0.2) is 35.1 Å². The number of aliphatic hydroxyl groups excluding tert-OH is 1. The standard InChI is InChI=1S/C11H11Cl2NO2/c12-9-2-1-3-10(13)8(9)4-11(16)14-5-7(15)6-14/h1-3,7,15H,4-6H2. The number of carbonyl (C=O) groups excluding carboxylic acids is 1. The van der Waals surface area contributed by atoms with Crippen LogP contribution < -0.4 is 0 Å². The van der Waals surface area contributed by atoms with Crippen LogP contribution >= 0.6 is 23.2 Å². The molecule has 0 saturated carbocycles. The van der Waals surface area contributed by atoms with Gasteiger partial charge in [0.1, 0.15) is 0 Å². The molecule has 0 aromatic heterocycles. The van der Waals surface area contributed by atoms with E-state index in [1.807, 2.05) is 0 Å². The third-order valence-electron chi connectivity index (χ3n) is 2.60. The van der Waals surface area contributed by atoms with Crippen molar-refractivity contribution >= 4 is 29.1 Å². The van der Waals surface area contributed by atoms with Crippen molar-refractivity contribution in [1.29, 1.82) is 0 Å². The average Bonchev–Trinajstić information content (AvgIpc) is 2.19. The van der Waals surface area contributed by atoms with Crippen molar-refractivity contribution in [2.45, 2.75) is 12.5 Å². The van der Waals surface area contributed by atoms with E-state index in [1.54, 1.807) is 23.1 Å². The molecule has 1 saturated heterocycles. The summed E-state index contributed by atoms with van der Waals surface area (Å²) in [5.41, 5.74) is 0.650. The molecule has 1 amide bonds. The number of aliphatic hydroxyl groups is 1. The van der Waals surface area contributed by atoms with E-state index in [2.05, 4.69) is 0 Å². The van der Waals surface area contributed by atoms with Crippen LogP contribution in [0.25, 0.3) is 0 Å². The molecule has 86 valence electrons. The minimum absolute atomic E-state index is 0.0553. The highest BCUT2D eigenvalue weighted by atomic mass is 35.5. The third-order valence-corrected chi connectivity index (χ3v) is 3.31. The lowest BCUT2D eigenvalue weighted by atomic mass is 10.1. The van der Waals surface area contributed by atoms with Crippen LogP contribution in [0.1, 0.15) is 5.56 Å². The van der Waals surface area contributed by atoms with E-state index in [9.17, 15) is 4.79 Å². The smallest absolute Gasteiger partial charge is 0.227 e. The van der Waals surface area contributed by atoms with Gasteiger partial charge in [0.05, 0.1) is 12.5 Å². The second-order valence-electron chi connectivity index (χ2n) is 3.83. The largest absolute Gasteiger partial charge is 0.389 e. The molecule has 1 heterocycles. The van der Waals surface area contributed by atoms with Crippen molar-refractivity contribution < 1.29 is 9.90 Å². The summed E-state index contributed by atoms with van der Waals surface area (Å²) in [6.07, 6.45) is -0.198. The summed E-state index contributed by atoms with van der Waals surface area (Å²) in [6.45, 7) is 0.807. The van der Waals surface area contributed by atoms with Crippen molar-refractivity contribution in [3.63, 3.8) is 0 Å². The highest BCUT2D eigenvalue weighted by molar-refractivity contribution is 6.36. The van der Waals surface area contributed by atoms with Gasteiger partial charge in [-0.2, -0.15) is 0 Å². The minimum atomic E-state index is -0.384. The predicted octanol–water partition coefficient (Wildman–Crippen LogP) is 1.74. The fraction of sp³-hybridized carbons (Fsp3) is 0.364. The summed E-state index contributed by atoms with van der Waals surface area (Å²) >= 11 is 11.9. The van der Waals surface area contributed by atoms with Gasteiger partial charge in [-0.05, 0) is 17.7 Å². The zero-order chi connectivity index (χ0) is 11.7. The van der Waals surface area contributed by atoms with Gasteiger partial charge >= 0.3 is 0 Å². The summed E-state index contributed by atoms with van der Waals surface area (Å²) in [5, 5.41) is 10.1. The molecule has 0 unspecified atom stereocenters. The Morgan fingerprint density at radius 2 is 1.94 bits per heavy atom. The number of carbonyl (C=O) groups is 1. The Labute approximate surface area is 104 Å². The fourth-order valence-corrected chi connectivity index (χ4v) is 2.15. The molecule has 5 heteroatoms. The van der Waals surface area contributed by atoms with Gasteiger partial charge in [-0.15, -0.1) is 0 Å². The van der Waals surface area contributed by atoms with E-state index in [1.165, 1.54) is 0 Å². The molecule has 1 aromatic rings. The molecular formula is C11H11Cl2NO2. The molecule has 1 aliphatic heterocycles. The number of likely N-dealkylation sites (tertiary alicyclic amines) is 1. The third kappa shape index (κ3) is 2.32. The van der Waals surface area contributed by atoms with E-state index < -0.39 is 0 Å². The quantitative estimate of drug-likeness (QED) is 0.879. The number of β-amino-alcohol motifs (C(OH)–C–C–N with tert-alkyl or cyclic N) is 1. The van der Waals surface area contributed by atoms with E-state index in [0.29, 0.717) is 28.7 Å². The lowest BCUT2D eigenvalue weighted by Gasteiger charge is -2.36. The molecule has 0 bridgehead atoms. The second-order valence-corrected chi connectivity index (χ2v) is 4.64. The number of benzene rings is 1. The molecular weight excluding hydrogens is 249 g/mol. The first-order valence-corrected chi connectivity index (χ1v) is 5.72. The zero-order valence-electron chi connectivity index (χ0n) is 8.49. The molecule has 2 rings (SSSR count). The van der Waals surface area contributed by atoms with Crippen LogP contribution in [0.4, 0.5) is 0 Å². The van der Waals surface area contributed by atoms with Gasteiger partial charge in [0.25, 0.3) is 0 Å². The Bertz CT molecular complexity index is 396. The maximum atomic E-state index is 11.7. The van der Waals surface area contributed by atoms with Crippen LogP contribution in [-0.2, 0) is 11.2 Å². The lowest BCUT2D eigenvalue weighted by molar-refractivity contribution is -0.140. The normalized spacial score (nSPS) is 16.1. The number of amides is 1. The molecule has 1 aliphatic rings. The van der Waals surface area contributed by atoms with Gasteiger partial charge in [-0.25, -0.2) is 0 Å². The number of halogens is 2. The van der Waals surface area contributed by atoms with Crippen molar-refractivity contribution in [2.24, 2.45) is 0 Å². The molecule has 0 spiro atoms. The highest BCUT2D eigenvalue weighted by Crippen LogP contribution is 2.25. The summed E-state index contributed by atoms with van der Waals surface area (Å²) < 4.78 is 0. The number of rotatable bonds is 2. The average molecular weight is 260 g/mol. The molecule has 0 radical (unpaired) electrons. The van der Waals surface area contributed by atoms with Crippen LogP contribution in [0.15, 0.2) is 18.2 Å². The molecule has 1 fully saturated rings. The van der Waals surface area contributed by atoms with Gasteiger partial charge in [-0.3, -0.25) is 4.79 Å². The van der Waals surface area contributed by atoms with Gasteiger partial charge in [0.15, 0.2) is 0 Å². The molecule has 1 N–H and O–H groups in total. The molecule has 16 heavy (non-hydrogen) atoms. The van der Waals surface area contributed by atoms with Crippen molar-refractivity contribution in [3.8, 4) is 0 Å². The number of hydrogen-bond donors (Lipinski definition) is 1. The Balaban J connectivity index is 2.06. The summed E-state index contributed by atoms with van der Waals surface area (Å²) in [7, 11) is 0. The van der Waals surface area contributed by atoms with Crippen molar-refractivity contribution in [1.82, 2.24) is 4.90 Å². The first kappa shape index (κ1) is 11.7. The Morgan fingerprint density at radius 3 is 2.44 bits per heavy atom. The second kappa shape index (κ2) is 4.62. The van der Waals surface area contributed by atoms with Gasteiger partial charge in [0, 0.05) is 23.1 Å². The van der Waals surface area contributed by atoms with Crippen LogP contribution in [0, 0.1) is 0 Å². The number of hydrogen-bond acceptors (Lipinski definition) is 2. The van der Waals surface area contributed by atoms with Gasteiger partial charge in [0.2, 0.25) is 5.91 Å².